The van der Waals surface area contributed by atoms with Crippen LogP contribution in [0.1, 0.15) is 75.0 Å². The number of carbonyl (C=O) groups is 1. The number of carbonyl (C=O) groups excluding carboxylic acids is 1. The van der Waals surface area contributed by atoms with Gasteiger partial charge in [-0.25, -0.2) is 0 Å². The highest BCUT2D eigenvalue weighted by molar-refractivity contribution is 6.06. The van der Waals surface area contributed by atoms with Gasteiger partial charge in [0.05, 0.1) is 12.7 Å². The van der Waals surface area contributed by atoms with Crippen molar-refractivity contribution in [3.05, 3.63) is 69.8 Å². The number of benzene rings is 2. The zero-order valence-electron chi connectivity index (χ0n) is 23.4. The lowest BCUT2D eigenvalue weighted by atomic mass is 9.89. The van der Waals surface area contributed by atoms with Gasteiger partial charge in [-0.2, -0.15) is 0 Å². The van der Waals surface area contributed by atoms with Crippen LogP contribution in [-0.4, -0.2) is 46.0 Å². The number of ketones is 1. The highest BCUT2D eigenvalue weighted by Gasteiger charge is 2.43. The Bertz CT molecular complexity index is 1290. The molecule has 2 aromatic rings. The van der Waals surface area contributed by atoms with Gasteiger partial charge in [0.2, 0.25) is 5.78 Å². The lowest BCUT2D eigenvalue weighted by Gasteiger charge is -2.33. The van der Waals surface area contributed by atoms with Crippen LogP contribution in [0, 0.1) is 0 Å². The Morgan fingerprint density at radius 1 is 0.949 bits per heavy atom. The number of rotatable bonds is 10. The molecule has 8 nitrogen and oxygen atoms in total. The molecular formula is C31H38O8. The quantitative estimate of drug-likeness (QED) is 0.269. The number of allylic oxidation sites excluding steroid dienone is 5. The van der Waals surface area contributed by atoms with Crippen LogP contribution in [0.4, 0.5) is 0 Å². The third kappa shape index (κ3) is 6.95. The van der Waals surface area contributed by atoms with Crippen LogP contribution in [0.3, 0.4) is 0 Å². The van der Waals surface area contributed by atoms with Crippen LogP contribution in [0.25, 0.3) is 0 Å². The monoisotopic (exact) mass is 538 g/mol. The van der Waals surface area contributed by atoms with Gasteiger partial charge in [-0.05, 0) is 60.0 Å². The average Bonchev–Trinajstić information content (AvgIpc) is 2.85. The molecule has 0 unspecified atom stereocenters. The maximum absolute atomic E-state index is 13.6. The Kier molecular flexibility index (Phi) is 9.70. The van der Waals surface area contributed by atoms with Crippen LogP contribution in [0.2, 0.25) is 0 Å². The van der Waals surface area contributed by atoms with Gasteiger partial charge in [-0.3, -0.25) is 4.79 Å². The lowest BCUT2D eigenvalue weighted by molar-refractivity contribution is 0.0190. The molecule has 2 atom stereocenters. The molecule has 2 aromatic carbocycles. The maximum atomic E-state index is 13.6. The summed E-state index contributed by atoms with van der Waals surface area (Å²) >= 11 is 0. The number of phenols is 3. The molecular weight excluding hydrogens is 500 g/mol. The summed E-state index contributed by atoms with van der Waals surface area (Å²) in [6.45, 7) is 10.0. The minimum Gasteiger partial charge on any atom is -0.507 e. The van der Waals surface area contributed by atoms with E-state index in [0.717, 1.165) is 24.0 Å². The largest absolute Gasteiger partial charge is 0.507 e. The average molecular weight is 539 g/mol. The number of phenolic OH excluding ortho intramolecular Hbond substituents is 3. The summed E-state index contributed by atoms with van der Waals surface area (Å²) in [7, 11) is 1.37. The van der Waals surface area contributed by atoms with Crippen molar-refractivity contribution in [3.63, 3.8) is 0 Å². The molecule has 0 saturated carbocycles. The van der Waals surface area contributed by atoms with Crippen molar-refractivity contribution in [1.29, 1.82) is 0 Å². The van der Waals surface area contributed by atoms with Gasteiger partial charge in [0, 0.05) is 23.8 Å². The molecule has 0 fully saturated rings. The minimum atomic E-state index is -1.76. The summed E-state index contributed by atoms with van der Waals surface area (Å²) in [5, 5.41) is 43.1. The molecule has 0 amide bonds. The van der Waals surface area contributed by atoms with E-state index < -0.39 is 29.5 Å². The number of hydrogen-bond donors (Lipinski definition) is 4. The van der Waals surface area contributed by atoms with E-state index in [1.807, 2.05) is 32.9 Å². The summed E-state index contributed by atoms with van der Waals surface area (Å²) in [5.74, 6) is -1.39. The van der Waals surface area contributed by atoms with E-state index in [9.17, 15) is 25.2 Å². The highest BCUT2D eigenvalue weighted by atomic mass is 16.5. The molecule has 1 aliphatic rings. The fourth-order valence-electron chi connectivity index (χ4n) is 4.31. The number of aromatic hydroxyl groups is 3. The van der Waals surface area contributed by atoms with Gasteiger partial charge in [0.25, 0.3) is 0 Å². The molecule has 1 heterocycles. The van der Waals surface area contributed by atoms with Crippen molar-refractivity contribution >= 4 is 5.78 Å². The van der Waals surface area contributed by atoms with Crippen LogP contribution in [0.15, 0.2) is 53.1 Å². The minimum absolute atomic E-state index is 0.00297. The number of fused-ring (bicyclic) bond motifs is 1. The SMILES string of the molecule is COc1cc(O)c([C@H]2Oc3c(CC=C(C)C)c(O)cc(OC/C=C(\C)CCC=C(C)C)c3C(=O)[C@@H]2O)c(O)c1. The van der Waals surface area contributed by atoms with Crippen molar-refractivity contribution in [3.8, 4) is 34.5 Å². The van der Waals surface area contributed by atoms with Crippen molar-refractivity contribution in [2.45, 2.75) is 66.1 Å². The number of aliphatic hydroxyl groups excluding tert-OH is 1. The molecule has 0 bridgehead atoms. The molecule has 0 aromatic heterocycles. The van der Waals surface area contributed by atoms with Gasteiger partial charge >= 0.3 is 0 Å². The second-order valence-corrected chi connectivity index (χ2v) is 10.2. The first kappa shape index (κ1) is 29.6. The number of aliphatic hydroxyl groups is 1. The third-order valence-electron chi connectivity index (χ3n) is 6.48. The number of ether oxygens (including phenoxy) is 3. The fourth-order valence-corrected chi connectivity index (χ4v) is 4.31. The van der Waals surface area contributed by atoms with Crippen molar-refractivity contribution < 1.29 is 39.4 Å². The van der Waals surface area contributed by atoms with Gasteiger partial charge in [-0.1, -0.05) is 28.9 Å². The molecule has 0 saturated heterocycles. The van der Waals surface area contributed by atoms with E-state index in [-0.39, 0.29) is 47.2 Å². The van der Waals surface area contributed by atoms with E-state index in [1.54, 1.807) is 0 Å². The highest BCUT2D eigenvalue weighted by Crippen LogP contribution is 2.49. The Hall–Kier alpha value is -3.91. The molecule has 0 spiro atoms. The summed E-state index contributed by atoms with van der Waals surface area (Å²) in [6, 6.07) is 3.85. The normalized spacial score (nSPS) is 16.7. The molecule has 3 rings (SSSR count). The number of Topliss-reactive ketones (excluding diaryl/α,β-unsaturated/α-hetero) is 1. The first-order valence-corrected chi connectivity index (χ1v) is 12.9. The third-order valence-corrected chi connectivity index (χ3v) is 6.48. The van der Waals surface area contributed by atoms with Crippen molar-refractivity contribution in [1.82, 2.24) is 0 Å². The summed E-state index contributed by atoms with van der Waals surface area (Å²) in [4.78, 5) is 13.6. The predicted molar refractivity (Wildman–Crippen MR) is 149 cm³/mol. The van der Waals surface area contributed by atoms with E-state index in [2.05, 4.69) is 19.9 Å². The van der Waals surface area contributed by atoms with Crippen LogP contribution in [-0.2, 0) is 6.42 Å². The van der Waals surface area contributed by atoms with Gasteiger partial charge < -0.3 is 34.6 Å². The topological polar surface area (TPSA) is 126 Å². The van der Waals surface area contributed by atoms with Crippen LogP contribution >= 0.6 is 0 Å². The van der Waals surface area contributed by atoms with Gasteiger partial charge in [0.1, 0.15) is 46.7 Å². The predicted octanol–water partition coefficient (Wildman–Crippen LogP) is 6.07. The second kappa shape index (κ2) is 12.8. The first-order chi connectivity index (χ1) is 18.4. The summed E-state index contributed by atoms with van der Waals surface area (Å²) in [5.41, 5.74) is 3.50. The van der Waals surface area contributed by atoms with Crippen molar-refractivity contribution in [2.24, 2.45) is 0 Å². The molecule has 0 aliphatic carbocycles. The van der Waals surface area contributed by atoms with Crippen LogP contribution in [0.5, 0.6) is 34.5 Å². The van der Waals surface area contributed by atoms with Gasteiger partial charge in [0.15, 0.2) is 12.2 Å². The van der Waals surface area contributed by atoms with E-state index >= 15 is 0 Å². The molecule has 210 valence electrons. The number of methoxy groups -OCH3 is 1. The number of hydrogen-bond acceptors (Lipinski definition) is 8. The summed E-state index contributed by atoms with van der Waals surface area (Å²) < 4.78 is 17.1. The standard InChI is InChI=1S/C31H38O8/c1-17(2)8-7-9-19(5)12-13-38-25-16-22(32)21(11-10-18(3)4)30-27(25)28(35)29(36)31(39-30)26-23(33)14-20(37-6)15-24(26)34/h8,10,12,14-16,29,31-34,36H,7,9,11,13H2,1-6H3/b19-12+/t29-,31+/m0/s1. The molecule has 8 heteroatoms. The zero-order valence-corrected chi connectivity index (χ0v) is 23.4. The van der Waals surface area contributed by atoms with Gasteiger partial charge in [-0.15, -0.1) is 0 Å². The van der Waals surface area contributed by atoms with E-state index in [4.69, 9.17) is 14.2 Å². The molecule has 1 aliphatic heterocycles. The lowest BCUT2D eigenvalue weighted by Crippen LogP contribution is -2.37. The summed E-state index contributed by atoms with van der Waals surface area (Å²) in [6.07, 6.45) is 4.74. The Morgan fingerprint density at radius 2 is 1.59 bits per heavy atom. The maximum Gasteiger partial charge on any atom is 0.202 e. The van der Waals surface area contributed by atoms with Crippen LogP contribution < -0.4 is 14.2 Å². The van der Waals surface area contributed by atoms with Crippen molar-refractivity contribution in [2.75, 3.05) is 13.7 Å². The Morgan fingerprint density at radius 3 is 2.18 bits per heavy atom. The Labute approximate surface area is 229 Å². The Balaban J connectivity index is 2.04. The first-order valence-electron chi connectivity index (χ1n) is 12.9. The van der Waals surface area contributed by atoms with E-state index in [0.29, 0.717) is 5.56 Å². The molecule has 39 heavy (non-hydrogen) atoms. The molecule has 4 N–H and O–H groups in total. The zero-order chi connectivity index (χ0) is 28.9. The van der Waals surface area contributed by atoms with E-state index in [1.165, 1.54) is 30.9 Å². The molecule has 0 radical (unpaired) electrons. The smallest absolute Gasteiger partial charge is 0.202 e. The second-order valence-electron chi connectivity index (χ2n) is 10.2. The fraction of sp³-hybridized carbons (Fsp3) is 0.387.